The predicted octanol–water partition coefficient (Wildman–Crippen LogP) is 15.7. The van der Waals surface area contributed by atoms with E-state index in [9.17, 15) is 0 Å². The number of hydrogen-bond acceptors (Lipinski definition) is 2. The highest BCUT2D eigenvalue weighted by Crippen LogP contribution is 2.59. The average molecular weight is 981 g/mol. The molecule has 3 atom stereocenters. The van der Waals surface area contributed by atoms with Crippen LogP contribution in [-0.4, -0.2) is 6.10 Å². The van der Waals surface area contributed by atoms with E-state index in [0.29, 0.717) is 11.8 Å². The molecule has 0 aliphatic heterocycles. The minimum absolute atomic E-state index is 0.00443. The van der Waals surface area contributed by atoms with Gasteiger partial charge in [0.2, 0.25) is 0 Å². The van der Waals surface area contributed by atoms with Gasteiger partial charge in [-0.05, 0) is 238 Å². The molecule has 0 aromatic heterocycles. The van der Waals surface area contributed by atoms with Gasteiger partial charge in [0, 0.05) is 30.1 Å². The predicted molar refractivity (Wildman–Crippen MR) is 317 cm³/mol. The fourth-order valence-electron chi connectivity index (χ4n) is 15.1. The topological polar surface area (TPSA) is 18.5 Å². The molecule has 2 heteroatoms. The molecule has 0 amide bonds. The molecule has 9 aliphatic rings. The zero-order valence-corrected chi connectivity index (χ0v) is 43.1. The molecule has 0 radical (unpaired) electrons. The van der Waals surface area contributed by atoms with Crippen LogP contribution < -0.4 is 30.3 Å². The largest absolute Gasteiger partial charge is 0.486 e. The number of benzene rings is 7. The second kappa shape index (κ2) is 17.6. The first-order valence-corrected chi connectivity index (χ1v) is 28.4. The zero-order chi connectivity index (χ0) is 49.9. The zero-order valence-electron chi connectivity index (χ0n) is 43.1. The van der Waals surface area contributed by atoms with E-state index in [1.54, 1.807) is 16.7 Å². The van der Waals surface area contributed by atoms with Crippen LogP contribution in [0.2, 0.25) is 0 Å². The molecule has 0 N–H and O–H groups in total. The van der Waals surface area contributed by atoms with Gasteiger partial charge in [-0.1, -0.05) is 147 Å². The Bertz CT molecular complexity index is 4230. The summed E-state index contributed by atoms with van der Waals surface area (Å²) in [5.74, 6) is 3.79. The van der Waals surface area contributed by atoms with Crippen LogP contribution in [0.5, 0.6) is 11.5 Å². The second-order valence-electron chi connectivity index (χ2n) is 23.0. The monoisotopic (exact) mass is 980 g/mol. The smallest absolute Gasteiger partial charge is 0.128 e. The van der Waals surface area contributed by atoms with Crippen molar-refractivity contribution in [1.82, 2.24) is 0 Å². The minimum Gasteiger partial charge on any atom is -0.486 e. The van der Waals surface area contributed by atoms with Crippen LogP contribution in [0.1, 0.15) is 128 Å². The van der Waals surface area contributed by atoms with Gasteiger partial charge in [0.15, 0.2) is 0 Å². The van der Waals surface area contributed by atoms with Gasteiger partial charge in [0.1, 0.15) is 23.4 Å². The summed E-state index contributed by atoms with van der Waals surface area (Å²) in [6, 6.07) is 44.2. The standard InChI is InChI=1S/C74H60O2/c1-4-16-62(17-5-1)75-64-40-58(38-60(42-64)56-34-52-24-20-46-12-10-13-47-21-25-53(35-56)72(52)70(46)47)50-28-30-66-67-31-29-51(45-69(67)74(68(66)44-50)32-8-3-9-33-74)59-39-61(43-65(41-59)76-63-18-6-2-7-19-63)57-36-54-26-22-48-14-11-15-49-23-27-55(37-57)73(54)71(48)49/h1-2,4-6,10-18,20,22,24-28,30,34-39,41-45,47,49,64H,3,7-9,19,21,23,29,31-33,40H2. The Morgan fingerprint density at radius 2 is 1.25 bits per heavy atom. The van der Waals surface area contributed by atoms with Crippen molar-refractivity contribution in [2.45, 2.75) is 100 Å². The molecular formula is C74H60O2. The highest BCUT2D eigenvalue weighted by atomic mass is 16.5. The summed E-state index contributed by atoms with van der Waals surface area (Å²) < 4.78 is 13.7. The fourth-order valence-corrected chi connectivity index (χ4v) is 15.1. The summed E-state index contributed by atoms with van der Waals surface area (Å²) >= 11 is 0. The van der Waals surface area contributed by atoms with Crippen LogP contribution in [0.15, 0.2) is 187 Å². The maximum absolute atomic E-state index is 6.89. The number of para-hydroxylation sites is 1. The van der Waals surface area contributed by atoms with Gasteiger partial charge in [-0.3, -0.25) is 0 Å². The lowest BCUT2D eigenvalue weighted by Gasteiger charge is -2.38. The fraction of sp³-hybridized carbons (Fsp3) is 0.216. The van der Waals surface area contributed by atoms with Crippen molar-refractivity contribution in [2.75, 3.05) is 0 Å². The van der Waals surface area contributed by atoms with E-state index in [4.69, 9.17) is 9.47 Å². The normalized spacial score (nSPS) is 21.8. The quantitative estimate of drug-likeness (QED) is 0.151. The highest BCUT2D eigenvalue weighted by Gasteiger charge is 2.46. The van der Waals surface area contributed by atoms with E-state index >= 15 is 0 Å². The first kappa shape index (κ1) is 44.4. The highest BCUT2D eigenvalue weighted by molar-refractivity contribution is 5.97. The Morgan fingerprint density at radius 3 is 2.00 bits per heavy atom. The lowest BCUT2D eigenvalue weighted by atomic mass is 9.65. The summed E-state index contributed by atoms with van der Waals surface area (Å²) in [6.07, 6.45) is 45.8. The molecule has 1 fully saturated rings. The molecule has 368 valence electrons. The Hall–Kier alpha value is -7.94. The number of allylic oxidation sites excluding steroid dienone is 14. The first-order chi connectivity index (χ1) is 37.5. The molecule has 1 spiro atoms. The van der Waals surface area contributed by atoms with E-state index in [2.05, 4.69) is 200 Å². The van der Waals surface area contributed by atoms with E-state index in [1.165, 1.54) is 136 Å². The lowest BCUT2D eigenvalue weighted by molar-refractivity contribution is 0.255. The van der Waals surface area contributed by atoms with Gasteiger partial charge in [-0.2, -0.15) is 0 Å². The van der Waals surface area contributed by atoms with E-state index in [1.807, 2.05) is 0 Å². The van der Waals surface area contributed by atoms with Crippen LogP contribution in [0.3, 0.4) is 0 Å². The molecule has 0 heterocycles. The summed E-state index contributed by atoms with van der Waals surface area (Å²) in [5, 5.41) is 10.9. The Kier molecular flexibility index (Phi) is 10.3. The van der Waals surface area contributed by atoms with Crippen LogP contribution in [0.25, 0.3) is 79.3 Å². The van der Waals surface area contributed by atoms with Crippen molar-refractivity contribution < 1.29 is 9.47 Å². The number of fused-ring (bicyclic) bond motifs is 4. The molecule has 0 bridgehead atoms. The van der Waals surface area contributed by atoms with Gasteiger partial charge >= 0.3 is 0 Å². The van der Waals surface area contributed by atoms with Gasteiger partial charge < -0.3 is 9.47 Å². The second-order valence-corrected chi connectivity index (χ2v) is 23.0. The molecule has 1 saturated carbocycles. The van der Waals surface area contributed by atoms with Crippen LogP contribution in [0, 0.1) is 0 Å². The van der Waals surface area contributed by atoms with Crippen molar-refractivity contribution in [3.05, 3.63) is 247 Å². The third-order valence-electron chi connectivity index (χ3n) is 18.7. The molecule has 9 aliphatic carbocycles. The maximum Gasteiger partial charge on any atom is 0.128 e. The van der Waals surface area contributed by atoms with Crippen molar-refractivity contribution in [3.8, 4) is 22.6 Å². The third-order valence-corrected chi connectivity index (χ3v) is 18.7. The average Bonchev–Trinajstić information content (AvgIpc) is 3.84. The van der Waals surface area contributed by atoms with Crippen molar-refractivity contribution >= 4 is 68.1 Å². The van der Waals surface area contributed by atoms with Gasteiger partial charge in [0.25, 0.3) is 0 Å². The SMILES string of the molecule is C1=CCCC(Oc2cc(C3=CC4=C(CC3)c3ccc(C5=CC(c6cc7c8c9c(ccc8c6)=CC=CC9CC=7)=CC(Oc6ccccc6)C5)cc3C43CCCCC3)cc(-c3cc4c5c6c(ccc5c3)=CC=CC6CC=4)c2)=C1. The molecular weight excluding hydrogens is 921 g/mol. The first-order valence-electron chi connectivity index (χ1n) is 28.4. The molecule has 3 unspecified atom stereocenters. The summed E-state index contributed by atoms with van der Waals surface area (Å²) in [6.45, 7) is 0. The number of rotatable bonds is 8. The van der Waals surface area contributed by atoms with Gasteiger partial charge in [-0.15, -0.1) is 0 Å². The Labute approximate surface area is 445 Å². The third kappa shape index (κ3) is 7.27. The van der Waals surface area contributed by atoms with Gasteiger partial charge in [-0.25, -0.2) is 0 Å². The van der Waals surface area contributed by atoms with Crippen molar-refractivity contribution in [2.24, 2.45) is 0 Å². The molecule has 7 aromatic carbocycles. The summed E-state index contributed by atoms with van der Waals surface area (Å²) in [7, 11) is 0. The van der Waals surface area contributed by atoms with Crippen molar-refractivity contribution in [3.63, 3.8) is 0 Å². The van der Waals surface area contributed by atoms with Crippen LogP contribution >= 0.6 is 0 Å². The molecule has 2 nitrogen and oxygen atoms in total. The molecule has 0 saturated heterocycles. The van der Waals surface area contributed by atoms with E-state index in [-0.39, 0.29) is 11.5 Å². The van der Waals surface area contributed by atoms with Crippen molar-refractivity contribution in [1.29, 1.82) is 0 Å². The Morgan fingerprint density at radius 1 is 0.526 bits per heavy atom. The molecule has 76 heavy (non-hydrogen) atoms. The van der Waals surface area contributed by atoms with Gasteiger partial charge in [0.05, 0.1) is 0 Å². The molecule has 16 rings (SSSR count). The summed E-state index contributed by atoms with van der Waals surface area (Å²) in [4.78, 5) is 0. The summed E-state index contributed by atoms with van der Waals surface area (Å²) in [5.41, 5.74) is 19.5. The number of hydrogen-bond donors (Lipinski definition) is 0. The van der Waals surface area contributed by atoms with Crippen LogP contribution in [0.4, 0.5) is 0 Å². The number of ether oxygens (including phenoxy) is 2. The minimum atomic E-state index is -0.102. The van der Waals surface area contributed by atoms with E-state index in [0.717, 1.165) is 62.2 Å². The van der Waals surface area contributed by atoms with E-state index < -0.39 is 0 Å². The Balaban J connectivity index is 0.788. The lowest BCUT2D eigenvalue weighted by Crippen LogP contribution is -2.29. The van der Waals surface area contributed by atoms with Crippen LogP contribution in [-0.2, 0) is 5.41 Å². The molecule has 7 aromatic rings. The maximum atomic E-state index is 6.89.